The molecule has 2 aliphatic rings. The second-order valence-electron chi connectivity index (χ2n) is 4.99. The highest BCUT2D eigenvalue weighted by atomic mass is 35.5. The van der Waals surface area contributed by atoms with Crippen molar-refractivity contribution in [2.75, 3.05) is 13.1 Å². The maximum atomic E-state index is 12.4. The van der Waals surface area contributed by atoms with E-state index in [0.717, 1.165) is 32.4 Å². The molecule has 20 heavy (non-hydrogen) atoms. The number of hydrogen-bond donors (Lipinski definition) is 1. The van der Waals surface area contributed by atoms with Crippen LogP contribution in [-0.2, 0) is 0 Å². The molecule has 2 unspecified atom stereocenters. The zero-order valence-corrected chi connectivity index (χ0v) is 11.6. The number of fused-ring (bicyclic) bond motifs is 2. The summed E-state index contributed by atoms with van der Waals surface area (Å²) in [5.74, 6) is -0.557. The maximum Gasteiger partial charge on any atom is 0.433 e. The molecule has 2 fully saturated rings. The molecule has 3 heterocycles. The first-order valence-corrected chi connectivity index (χ1v) is 6.44. The summed E-state index contributed by atoms with van der Waals surface area (Å²) in [4.78, 5) is 24.2. The molecule has 2 atom stereocenters. The predicted octanol–water partition coefficient (Wildman–Crippen LogP) is 1.58. The van der Waals surface area contributed by atoms with E-state index in [0.29, 0.717) is 0 Å². The molecule has 2 saturated heterocycles. The van der Waals surface area contributed by atoms with Crippen LogP contribution in [0.5, 0.6) is 0 Å². The average molecular weight is 302 g/mol. The third-order valence-electron chi connectivity index (χ3n) is 3.87. The lowest BCUT2D eigenvalue weighted by Crippen LogP contribution is -2.42. The largest absolute Gasteiger partial charge is 0.433 e. The summed E-state index contributed by atoms with van der Waals surface area (Å²) < 4.78 is 5.01. The SMILES string of the molecule is Cl.O=C(c1ccc([N+](=O)[O-])o1)N1C2CCNCC1CC2. The monoisotopic (exact) mass is 301 g/mol. The molecule has 2 bridgehead atoms. The first-order valence-electron chi connectivity index (χ1n) is 6.44. The van der Waals surface area contributed by atoms with Crippen molar-refractivity contribution in [1.29, 1.82) is 0 Å². The lowest BCUT2D eigenvalue weighted by molar-refractivity contribution is -0.402. The summed E-state index contributed by atoms with van der Waals surface area (Å²) in [6, 6.07) is 3.00. The fourth-order valence-corrected chi connectivity index (χ4v) is 2.98. The minimum atomic E-state index is -0.630. The van der Waals surface area contributed by atoms with Crippen molar-refractivity contribution in [3.8, 4) is 0 Å². The van der Waals surface area contributed by atoms with E-state index in [2.05, 4.69) is 5.32 Å². The van der Waals surface area contributed by atoms with Gasteiger partial charge in [-0.1, -0.05) is 0 Å². The van der Waals surface area contributed by atoms with Gasteiger partial charge in [0.1, 0.15) is 4.92 Å². The van der Waals surface area contributed by atoms with E-state index >= 15 is 0 Å². The molecule has 7 nitrogen and oxygen atoms in total. The van der Waals surface area contributed by atoms with Gasteiger partial charge in [0.05, 0.1) is 6.07 Å². The number of hydrogen-bond acceptors (Lipinski definition) is 5. The van der Waals surface area contributed by atoms with E-state index in [1.807, 2.05) is 4.90 Å². The number of nitrogens with one attached hydrogen (secondary N) is 1. The molecule has 8 heteroatoms. The lowest BCUT2D eigenvalue weighted by atomic mass is 10.1. The molecule has 1 N–H and O–H groups in total. The molecule has 1 aromatic heterocycles. The van der Waals surface area contributed by atoms with Gasteiger partial charge in [0.25, 0.3) is 5.91 Å². The van der Waals surface area contributed by atoms with Gasteiger partial charge in [0.2, 0.25) is 0 Å². The Balaban J connectivity index is 0.00000147. The zero-order chi connectivity index (χ0) is 13.4. The molecule has 0 radical (unpaired) electrons. The van der Waals surface area contributed by atoms with Crippen LogP contribution < -0.4 is 5.32 Å². The topological polar surface area (TPSA) is 88.6 Å². The molecular weight excluding hydrogens is 286 g/mol. The molecular formula is C12H16ClN3O4. The Morgan fingerprint density at radius 1 is 1.35 bits per heavy atom. The van der Waals surface area contributed by atoms with Crippen LogP contribution in [0.4, 0.5) is 5.88 Å². The van der Waals surface area contributed by atoms with Crippen molar-refractivity contribution in [2.45, 2.75) is 31.3 Å². The Bertz CT molecular complexity index is 505. The molecule has 3 rings (SSSR count). The van der Waals surface area contributed by atoms with E-state index in [-0.39, 0.29) is 42.0 Å². The van der Waals surface area contributed by atoms with Gasteiger partial charge in [-0.15, -0.1) is 12.4 Å². The molecule has 1 aromatic rings. The summed E-state index contributed by atoms with van der Waals surface area (Å²) in [5.41, 5.74) is 0. The quantitative estimate of drug-likeness (QED) is 0.661. The normalized spacial score (nSPS) is 24.9. The number of furan rings is 1. The van der Waals surface area contributed by atoms with Crippen LogP contribution in [0.15, 0.2) is 16.5 Å². The summed E-state index contributed by atoms with van der Waals surface area (Å²) in [7, 11) is 0. The number of rotatable bonds is 2. The van der Waals surface area contributed by atoms with Crippen molar-refractivity contribution in [3.63, 3.8) is 0 Å². The third kappa shape index (κ3) is 2.51. The highest BCUT2D eigenvalue weighted by Crippen LogP contribution is 2.30. The summed E-state index contributed by atoms with van der Waals surface area (Å²) in [6.07, 6.45) is 2.90. The van der Waals surface area contributed by atoms with Crippen LogP contribution in [0, 0.1) is 10.1 Å². The third-order valence-corrected chi connectivity index (χ3v) is 3.87. The molecule has 1 amide bonds. The number of carbonyl (C=O) groups is 1. The van der Waals surface area contributed by atoms with E-state index in [9.17, 15) is 14.9 Å². The predicted molar refractivity (Wildman–Crippen MR) is 73.1 cm³/mol. The number of nitrogens with zero attached hydrogens (tertiary/aromatic N) is 2. The van der Waals surface area contributed by atoms with Crippen molar-refractivity contribution < 1.29 is 14.1 Å². The second-order valence-corrected chi connectivity index (χ2v) is 4.99. The Kier molecular flexibility index (Phi) is 4.29. The first-order chi connectivity index (χ1) is 9.16. The fraction of sp³-hybridized carbons (Fsp3) is 0.583. The van der Waals surface area contributed by atoms with Crippen molar-refractivity contribution in [1.82, 2.24) is 10.2 Å². The van der Waals surface area contributed by atoms with Crippen LogP contribution in [0.2, 0.25) is 0 Å². The van der Waals surface area contributed by atoms with Crippen molar-refractivity contribution in [2.24, 2.45) is 0 Å². The highest BCUT2D eigenvalue weighted by molar-refractivity contribution is 5.92. The van der Waals surface area contributed by atoms with Gasteiger partial charge in [-0.3, -0.25) is 14.9 Å². The van der Waals surface area contributed by atoms with Crippen LogP contribution in [0.1, 0.15) is 29.8 Å². The number of carbonyl (C=O) groups excluding carboxylic acids is 1. The van der Waals surface area contributed by atoms with E-state index < -0.39 is 4.92 Å². The maximum absolute atomic E-state index is 12.4. The van der Waals surface area contributed by atoms with Gasteiger partial charge in [0.15, 0.2) is 5.76 Å². The minimum Gasteiger partial charge on any atom is -0.395 e. The van der Waals surface area contributed by atoms with Gasteiger partial charge >= 0.3 is 5.88 Å². The molecule has 0 saturated carbocycles. The Labute approximate surface area is 121 Å². The van der Waals surface area contributed by atoms with Gasteiger partial charge in [0, 0.05) is 18.6 Å². The zero-order valence-electron chi connectivity index (χ0n) is 10.8. The van der Waals surface area contributed by atoms with Gasteiger partial charge < -0.3 is 14.6 Å². The average Bonchev–Trinajstić information content (AvgIpc) is 2.92. The molecule has 0 spiro atoms. The summed E-state index contributed by atoms with van der Waals surface area (Å²) in [5, 5.41) is 13.9. The van der Waals surface area contributed by atoms with Crippen LogP contribution >= 0.6 is 12.4 Å². The van der Waals surface area contributed by atoms with Gasteiger partial charge in [-0.25, -0.2) is 0 Å². The van der Waals surface area contributed by atoms with Crippen molar-refractivity contribution in [3.05, 3.63) is 28.0 Å². The number of halogens is 1. The molecule has 0 aliphatic carbocycles. The summed E-state index contributed by atoms with van der Waals surface area (Å²) in [6.45, 7) is 1.69. The Morgan fingerprint density at radius 2 is 2.10 bits per heavy atom. The Hall–Kier alpha value is -1.60. The number of amides is 1. The van der Waals surface area contributed by atoms with Gasteiger partial charge in [-0.05, 0) is 31.9 Å². The van der Waals surface area contributed by atoms with E-state index in [4.69, 9.17) is 4.42 Å². The Morgan fingerprint density at radius 3 is 2.80 bits per heavy atom. The summed E-state index contributed by atoms with van der Waals surface area (Å²) >= 11 is 0. The van der Waals surface area contributed by atoms with Crippen LogP contribution in [-0.4, -0.2) is 40.9 Å². The van der Waals surface area contributed by atoms with Gasteiger partial charge in [-0.2, -0.15) is 0 Å². The molecule has 0 aromatic carbocycles. The van der Waals surface area contributed by atoms with Crippen LogP contribution in [0.25, 0.3) is 0 Å². The van der Waals surface area contributed by atoms with E-state index in [1.165, 1.54) is 12.1 Å². The first kappa shape index (κ1) is 14.8. The highest BCUT2D eigenvalue weighted by Gasteiger charge is 2.39. The molecule has 2 aliphatic heterocycles. The number of nitro groups is 1. The van der Waals surface area contributed by atoms with Crippen LogP contribution in [0.3, 0.4) is 0 Å². The minimum absolute atomic E-state index is 0. The smallest absolute Gasteiger partial charge is 0.395 e. The fourth-order valence-electron chi connectivity index (χ4n) is 2.98. The second kappa shape index (κ2) is 5.80. The van der Waals surface area contributed by atoms with Crippen molar-refractivity contribution >= 4 is 24.2 Å². The van der Waals surface area contributed by atoms with E-state index in [1.54, 1.807) is 0 Å². The lowest BCUT2D eigenvalue weighted by Gasteiger charge is -2.26. The molecule has 110 valence electrons. The standard InChI is InChI=1S/C12H15N3O4.ClH/c16-12(10-3-4-11(19-10)15(17)18)14-8-1-2-9(14)7-13-6-5-8;/h3-4,8-9,13H,1-2,5-7H2;1H.